The molecule has 0 saturated heterocycles. The van der Waals surface area contributed by atoms with Crippen LogP contribution in [0.5, 0.6) is 5.75 Å². The van der Waals surface area contributed by atoms with Crippen molar-refractivity contribution in [1.82, 2.24) is 0 Å². The summed E-state index contributed by atoms with van der Waals surface area (Å²) in [4.78, 5) is 21.2. The van der Waals surface area contributed by atoms with Gasteiger partial charge in [-0.05, 0) is 36.1 Å². The van der Waals surface area contributed by atoms with Crippen LogP contribution in [-0.4, -0.2) is 12.6 Å². The maximum Gasteiger partial charge on any atom is 0.373 e. The molecule has 0 bridgehead atoms. The fourth-order valence-corrected chi connectivity index (χ4v) is 1.28. The second-order valence-electron chi connectivity index (χ2n) is 5.68. The molecule has 0 unspecified atom stereocenters. The van der Waals surface area contributed by atoms with Gasteiger partial charge in [-0.2, -0.15) is 4.89 Å². The fourth-order valence-electron chi connectivity index (χ4n) is 1.28. The zero-order valence-electron chi connectivity index (χ0n) is 12.6. The van der Waals surface area contributed by atoms with Gasteiger partial charge in [0, 0.05) is 0 Å². The molecule has 4 nitrogen and oxygen atoms in total. The Kier molecular flexibility index (Phi) is 6.52. The Morgan fingerprint density at radius 3 is 2.40 bits per heavy atom. The Labute approximate surface area is 121 Å². The van der Waals surface area contributed by atoms with Gasteiger partial charge in [-0.15, -0.1) is 0 Å². The molecule has 4 heteroatoms. The van der Waals surface area contributed by atoms with Crippen molar-refractivity contribution in [2.24, 2.45) is 5.41 Å². The molecule has 0 heterocycles. The first-order valence-electron chi connectivity index (χ1n) is 6.87. The molecular weight excluding hydrogens is 256 g/mol. The number of hydrogen-bond acceptors (Lipinski definition) is 4. The molecule has 111 valence electrons. The minimum atomic E-state index is -0.523. The van der Waals surface area contributed by atoms with E-state index in [2.05, 4.69) is 6.92 Å². The number of carbonyl (C=O) groups is 1. The van der Waals surface area contributed by atoms with E-state index in [4.69, 9.17) is 14.5 Å². The van der Waals surface area contributed by atoms with Crippen molar-refractivity contribution in [3.8, 4) is 5.75 Å². The first-order chi connectivity index (χ1) is 9.42. The quantitative estimate of drug-likeness (QED) is 0.427. The Morgan fingerprint density at radius 1 is 1.20 bits per heavy atom. The van der Waals surface area contributed by atoms with E-state index in [1.807, 2.05) is 20.8 Å². The van der Waals surface area contributed by atoms with Crippen molar-refractivity contribution in [2.45, 2.75) is 40.5 Å². The van der Waals surface area contributed by atoms with Crippen LogP contribution in [-0.2, 0) is 9.78 Å². The van der Waals surface area contributed by atoms with Crippen molar-refractivity contribution < 1.29 is 19.3 Å². The van der Waals surface area contributed by atoms with Gasteiger partial charge in [0.15, 0.2) is 0 Å². The van der Waals surface area contributed by atoms with Crippen LogP contribution < -0.4 is 4.74 Å². The van der Waals surface area contributed by atoms with Crippen LogP contribution in [0.1, 0.15) is 50.9 Å². The van der Waals surface area contributed by atoms with Gasteiger partial charge >= 0.3 is 5.97 Å². The Hall–Kier alpha value is -1.55. The SMILES string of the molecule is CCCCOc1ccc(C(=O)OO[CH]C(C)(C)C)cc1. The molecule has 0 saturated carbocycles. The summed E-state index contributed by atoms with van der Waals surface area (Å²) in [7, 11) is 0. The lowest BCUT2D eigenvalue weighted by Crippen LogP contribution is -2.12. The van der Waals surface area contributed by atoms with E-state index < -0.39 is 5.97 Å². The van der Waals surface area contributed by atoms with Gasteiger partial charge in [0.25, 0.3) is 0 Å². The highest BCUT2D eigenvalue weighted by molar-refractivity contribution is 5.89. The second-order valence-corrected chi connectivity index (χ2v) is 5.68. The minimum absolute atomic E-state index is 0.169. The summed E-state index contributed by atoms with van der Waals surface area (Å²) in [5, 5.41) is 0. The molecule has 0 fully saturated rings. The van der Waals surface area contributed by atoms with Crippen LogP contribution in [0.25, 0.3) is 0 Å². The molecule has 1 aromatic rings. The van der Waals surface area contributed by atoms with Crippen LogP contribution in [0, 0.1) is 12.0 Å². The maximum atomic E-state index is 11.7. The second kappa shape index (κ2) is 7.90. The number of carbonyl (C=O) groups excluding carboxylic acids is 1. The topological polar surface area (TPSA) is 44.8 Å². The Bertz CT molecular complexity index is 403. The van der Waals surface area contributed by atoms with E-state index in [1.54, 1.807) is 24.3 Å². The van der Waals surface area contributed by atoms with Gasteiger partial charge in [0.2, 0.25) is 0 Å². The summed E-state index contributed by atoms with van der Waals surface area (Å²) in [6.07, 6.45) is 2.10. The normalized spacial score (nSPS) is 11.2. The highest BCUT2D eigenvalue weighted by Crippen LogP contribution is 2.18. The van der Waals surface area contributed by atoms with Crippen LogP contribution in [0.3, 0.4) is 0 Å². The third kappa shape index (κ3) is 6.57. The van der Waals surface area contributed by atoms with Gasteiger partial charge in [-0.1, -0.05) is 34.1 Å². The van der Waals surface area contributed by atoms with E-state index in [9.17, 15) is 4.79 Å². The van der Waals surface area contributed by atoms with E-state index in [0.29, 0.717) is 12.2 Å². The van der Waals surface area contributed by atoms with Crippen molar-refractivity contribution in [1.29, 1.82) is 0 Å². The monoisotopic (exact) mass is 279 g/mol. The average Bonchev–Trinajstić information content (AvgIpc) is 2.38. The highest BCUT2D eigenvalue weighted by Gasteiger charge is 2.15. The average molecular weight is 279 g/mol. The summed E-state index contributed by atoms with van der Waals surface area (Å²) in [6, 6.07) is 6.81. The van der Waals surface area contributed by atoms with E-state index in [0.717, 1.165) is 18.6 Å². The molecule has 0 atom stereocenters. The molecule has 1 aromatic carbocycles. The molecule has 0 N–H and O–H groups in total. The van der Waals surface area contributed by atoms with E-state index in [-0.39, 0.29) is 5.41 Å². The zero-order valence-corrected chi connectivity index (χ0v) is 12.6. The summed E-state index contributed by atoms with van der Waals surface area (Å²) in [6.45, 7) is 10.1. The van der Waals surface area contributed by atoms with E-state index >= 15 is 0 Å². The number of ether oxygens (including phenoxy) is 1. The largest absolute Gasteiger partial charge is 0.494 e. The third-order valence-corrected chi connectivity index (χ3v) is 2.38. The number of rotatable bonds is 7. The standard InChI is InChI=1S/C16H23O4/c1-5-6-11-18-14-9-7-13(8-10-14)15(17)20-19-12-16(2,3)4/h7-10,12H,5-6,11H2,1-4H3. The molecule has 0 aromatic heterocycles. The molecule has 0 spiro atoms. The van der Waals surface area contributed by atoms with Crippen molar-refractivity contribution in [3.05, 3.63) is 36.4 Å². The van der Waals surface area contributed by atoms with Gasteiger partial charge in [0.1, 0.15) is 12.4 Å². The Balaban J connectivity index is 2.41. The highest BCUT2D eigenvalue weighted by atomic mass is 17.2. The van der Waals surface area contributed by atoms with Gasteiger partial charge < -0.3 is 4.74 Å². The predicted molar refractivity (Wildman–Crippen MR) is 77.1 cm³/mol. The number of benzene rings is 1. The smallest absolute Gasteiger partial charge is 0.373 e. The molecule has 1 radical (unpaired) electrons. The van der Waals surface area contributed by atoms with E-state index in [1.165, 1.54) is 6.61 Å². The summed E-state index contributed by atoms with van der Waals surface area (Å²) in [5.41, 5.74) is 0.257. The molecule has 0 aliphatic carbocycles. The summed E-state index contributed by atoms with van der Waals surface area (Å²) < 4.78 is 5.52. The predicted octanol–water partition coefficient (Wildman–Crippen LogP) is 4.16. The fraction of sp³-hybridized carbons (Fsp3) is 0.500. The molecule has 20 heavy (non-hydrogen) atoms. The number of hydrogen-bond donors (Lipinski definition) is 0. The van der Waals surface area contributed by atoms with Crippen LogP contribution >= 0.6 is 0 Å². The summed E-state index contributed by atoms with van der Waals surface area (Å²) in [5.74, 6) is 0.225. The maximum absolute atomic E-state index is 11.7. The van der Waals surface area contributed by atoms with Crippen LogP contribution in [0.15, 0.2) is 24.3 Å². The van der Waals surface area contributed by atoms with Crippen molar-refractivity contribution in [2.75, 3.05) is 6.61 Å². The molecule has 0 aliphatic rings. The van der Waals surface area contributed by atoms with Crippen LogP contribution in [0.2, 0.25) is 0 Å². The lowest BCUT2D eigenvalue weighted by atomic mass is 9.99. The van der Waals surface area contributed by atoms with Gasteiger partial charge in [0.05, 0.1) is 12.2 Å². The first kappa shape index (κ1) is 16.5. The van der Waals surface area contributed by atoms with Gasteiger partial charge in [-0.3, -0.25) is 4.89 Å². The van der Waals surface area contributed by atoms with Gasteiger partial charge in [-0.25, -0.2) is 4.79 Å². The first-order valence-corrected chi connectivity index (χ1v) is 6.87. The lowest BCUT2D eigenvalue weighted by molar-refractivity contribution is -0.224. The molecule has 0 amide bonds. The van der Waals surface area contributed by atoms with Crippen molar-refractivity contribution in [3.63, 3.8) is 0 Å². The third-order valence-electron chi connectivity index (χ3n) is 2.38. The van der Waals surface area contributed by atoms with Crippen LogP contribution in [0.4, 0.5) is 0 Å². The number of unbranched alkanes of at least 4 members (excludes halogenated alkanes) is 1. The lowest BCUT2D eigenvalue weighted by Gasteiger charge is -2.15. The molecule has 0 aliphatic heterocycles. The molecular formula is C16H23O4. The zero-order chi connectivity index (χ0) is 15.0. The minimum Gasteiger partial charge on any atom is -0.494 e. The molecule has 1 rings (SSSR count). The van der Waals surface area contributed by atoms with Crippen molar-refractivity contribution >= 4 is 5.97 Å². The Morgan fingerprint density at radius 2 is 1.85 bits per heavy atom. The summed E-state index contributed by atoms with van der Waals surface area (Å²) >= 11 is 0.